The molecule has 0 bridgehead atoms. The average molecular weight is 249 g/mol. The zero-order valence-electron chi connectivity index (χ0n) is 7.82. The maximum atomic E-state index is 11.5. The molecule has 7 heteroatoms. The van der Waals surface area contributed by atoms with Crippen LogP contribution in [0.4, 0.5) is 0 Å². The number of benzene rings is 1. The normalized spacial score (nSPS) is 11.1. The molecule has 82 valence electrons. The fourth-order valence-electron chi connectivity index (χ4n) is 0.812. The van der Waals surface area contributed by atoms with E-state index in [1.165, 1.54) is 31.2 Å². The Morgan fingerprint density at radius 2 is 1.80 bits per heavy atom. The molecule has 0 atom stereocenters. The van der Waals surface area contributed by atoms with E-state index in [0.717, 1.165) is 0 Å². The number of amides is 1. The lowest BCUT2D eigenvalue weighted by Crippen LogP contribution is -2.40. The molecule has 0 aromatic heterocycles. The van der Waals surface area contributed by atoms with E-state index in [1.807, 2.05) is 10.3 Å². The molecule has 15 heavy (non-hydrogen) atoms. The van der Waals surface area contributed by atoms with Crippen molar-refractivity contribution in [2.45, 2.75) is 11.8 Å². The molecule has 0 saturated heterocycles. The maximum absolute atomic E-state index is 11.5. The van der Waals surface area contributed by atoms with E-state index in [1.54, 1.807) is 0 Å². The lowest BCUT2D eigenvalue weighted by Gasteiger charge is -2.06. The maximum Gasteiger partial charge on any atom is 0.257 e. The van der Waals surface area contributed by atoms with Crippen LogP contribution in [0.5, 0.6) is 0 Å². The lowest BCUT2D eigenvalue weighted by molar-refractivity contribution is -0.119. The zero-order valence-corrected chi connectivity index (χ0v) is 9.39. The van der Waals surface area contributed by atoms with Gasteiger partial charge in [0.2, 0.25) is 5.91 Å². The number of carbonyl (C=O) groups is 1. The van der Waals surface area contributed by atoms with Gasteiger partial charge in [-0.15, -0.1) is 4.83 Å². The molecule has 1 amide bonds. The minimum atomic E-state index is -3.71. The van der Waals surface area contributed by atoms with Crippen LogP contribution in [0, 0.1) is 0 Å². The Kier molecular flexibility index (Phi) is 3.67. The Morgan fingerprint density at radius 1 is 1.27 bits per heavy atom. The molecule has 0 aliphatic rings. The molecular weight excluding hydrogens is 240 g/mol. The van der Waals surface area contributed by atoms with E-state index in [9.17, 15) is 13.2 Å². The Balaban J connectivity index is 2.87. The summed E-state index contributed by atoms with van der Waals surface area (Å²) in [6, 6.07) is 5.58. The Morgan fingerprint density at radius 3 is 2.27 bits per heavy atom. The highest BCUT2D eigenvalue weighted by Crippen LogP contribution is 2.13. The summed E-state index contributed by atoms with van der Waals surface area (Å²) in [5.41, 5.74) is 1.99. The van der Waals surface area contributed by atoms with Gasteiger partial charge >= 0.3 is 0 Å². The quantitative estimate of drug-likeness (QED) is 0.772. The van der Waals surface area contributed by atoms with Crippen LogP contribution in [-0.4, -0.2) is 14.3 Å². The van der Waals surface area contributed by atoms with Crippen molar-refractivity contribution in [3.8, 4) is 0 Å². The first-order valence-corrected chi connectivity index (χ1v) is 5.82. The monoisotopic (exact) mass is 248 g/mol. The molecule has 1 aromatic rings. The SMILES string of the molecule is CC(=O)NNS(=O)(=O)c1ccc(Cl)cc1. The first kappa shape index (κ1) is 12.0. The lowest BCUT2D eigenvalue weighted by atomic mass is 10.4. The van der Waals surface area contributed by atoms with Crippen molar-refractivity contribution in [2.24, 2.45) is 0 Å². The molecule has 1 aromatic carbocycles. The van der Waals surface area contributed by atoms with Gasteiger partial charge in [-0.2, -0.15) is 0 Å². The van der Waals surface area contributed by atoms with Gasteiger partial charge in [-0.05, 0) is 24.3 Å². The second-order valence-electron chi connectivity index (χ2n) is 2.74. The number of nitrogens with one attached hydrogen (secondary N) is 2. The summed E-state index contributed by atoms with van der Waals surface area (Å²) < 4.78 is 23.0. The van der Waals surface area contributed by atoms with Gasteiger partial charge in [-0.25, -0.2) is 8.42 Å². The number of carbonyl (C=O) groups excluding carboxylic acids is 1. The van der Waals surface area contributed by atoms with Crippen LogP contribution in [0.1, 0.15) is 6.92 Å². The van der Waals surface area contributed by atoms with E-state index in [0.29, 0.717) is 5.02 Å². The molecule has 0 spiro atoms. The predicted octanol–water partition coefficient (Wildman–Crippen LogP) is 0.669. The predicted molar refractivity (Wildman–Crippen MR) is 55.6 cm³/mol. The van der Waals surface area contributed by atoms with Gasteiger partial charge in [0.1, 0.15) is 0 Å². The van der Waals surface area contributed by atoms with Gasteiger partial charge in [0.25, 0.3) is 10.0 Å². The summed E-state index contributed by atoms with van der Waals surface area (Å²) in [5.74, 6) is -0.493. The van der Waals surface area contributed by atoms with E-state index < -0.39 is 15.9 Å². The molecule has 2 N–H and O–H groups in total. The third-order valence-electron chi connectivity index (χ3n) is 1.49. The minimum Gasteiger partial charge on any atom is -0.278 e. The zero-order chi connectivity index (χ0) is 11.5. The van der Waals surface area contributed by atoms with Crippen molar-refractivity contribution in [1.82, 2.24) is 10.3 Å². The van der Waals surface area contributed by atoms with E-state index >= 15 is 0 Å². The van der Waals surface area contributed by atoms with Crippen LogP contribution in [0.25, 0.3) is 0 Å². The standard InChI is InChI=1S/C8H9ClN2O3S/c1-6(12)10-11-15(13,14)8-4-2-7(9)3-5-8/h2-5,11H,1H3,(H,10,12). The highest BCUT2D eigenvalue weighted by atomic mass is 35.5. The third kappa shape index (κ3) is 3.50. The van der Waals surface area contributed by atoms with Crippen molar-refractivity contribution in [3.05, 3.63) is 29.3 Å². The fraction of sp³-hybridized carbons (Fsp3) is 0.125. The molecule has 0 fully saturated rings. The summed E-state index contributed by atoms with van der Waals surface area (Å²) >= 11 is 5.60. The second-order valence-corrected chi connectivity index (χ2v) is 4.86. The largest absolute Gasteiger partial charge is 0.278 e. The first-order valence-electron chi connectivity index (χ1n) is 3.96. The average Bonchev–Trinajstić information content (AvgIpc) is 2.16. The summed E-state index contributed by atoms with van der Waals surface area (Å²) in [6.45, 7) is 1.20. The Labute approximate surface area is 92.5 Å². The Bertz CT molecular complexity index is 455. The smallest absolute Gasteiger partial charge is 0.257 e. The summed E-state index contributed by atoms with van der Waals surface area (Å²) in [7, 11) is -3.71. The van der Waals surface area contributed by atoms with E-state index in [-0.39, 0.29) is 4.90 Å². The fourth-order valence-corrected chi connectivity index (χ4v) is 1.83. The molecule has 0 heterocycles. The number of hydrogen-bond acceptors (Lipinski definition) is 3. The number of hydrazine groups is 1. The van der Waals surface area contributed by atoms with E-state index in [2.05, 4.69) is 0 Å². The number of halogens is 1. The molecule has 0 saturated carbocycles. The second kappa shape index (κ2) is 4.61. The third-order valence-corrected chi connectivity index (χ3v) is 3.00. The van der Waals surface area contributed by atoms with Gasteiger partial charge in [-0.1, -0.05) is 11.6 Å². The van der Waals surface area contributed by atoms with Crippen LogP contribution in [0.3, 0.4) is 0 Å². The summed E-state index contributed by atoms with van der Waals surface area (Å²) in [4.78, 5) is 12.5. The van der Waals surface area contributed by atoms with Gasteiger partial charge in [0, 0.05) is 11.9 Å². The number of rotatable bonds is 3. The Hall–Kier alpha value is -1.11. The van der Waals surface area contributed by atoms with Crippen LogP contribution >= 0.6 is 11.6 Å². The summed E-state index contributed by atoms with van der Waals surface area (Å²) in [5, 5.41) is 0.438. The van der Waals surface area contributed by atoms with Crippen molar-refractivity contribution in [1.29, 1.82) is 0 Å². The van der Waals surface area contributed by atoms with Crippen LogP contribution in [0.15, 0.2) is 29.2 Å². The van der Waals surface area contributed by atoms with Gasteiger partial charge in [0.05, 0.1) is 4.90 Å². The molecular formula is C8H9ClN2O3S. The van der Waals surface area contributed by atoms with Crippen molar-refractivity contribution >= 4 is 27.5 Å². The highest BCUT2D eigenvalue weighted by molar-refractivity contribution is 7.89. The first-order chi connectivity index (χ1) is 6.92. The molecule has 0 aliphatic heterocycles. The van der Waals surface area contributed by atoms with Gasteiger partial charge in [-0.3, -0.25) is 10.2 Å². The molecule has 1 rings (SSSR count). The van der Waals surface area contributed by atoms with E-state index in [4.69, 9.17) is 11.6 Å². The topological polar surface area (TPSA) is 75.3 Å². The molecule has 0 unspecified atom stereocenters. The highest BCUT2D eigenvalue weighted by Gasteiger charge is 2.13. The van der Waals surface area contributed by atoms with Gasteiger partial charge < -0.3 is 0 Å². The van der Waals surface area contributed by atoms with Crippen LogP contribution in [0.2, 0.25) is 5.02 Å². The summed E-state index contributed by atoms with van der Waals surface area (Å²) in [6.07, 6.45) is 0. The van der Waals surface area contributed by atoms with Crippen molar-refractivity contribution < 1.29 is 13.2 Å². The molecule has 0 aliphatic carbocycles. The van der Waals surface area contributed by atoms with Crippen molar-refractivity contribution in [3.63, 3.8) is 0 Å². The number of sulfonamides is 1. The molecule has 5 nitrogen and oxygen atoms in total. The van der Waals surface area contributed by atoms with Gasteiger partial charge in [0.15, 0.2) is 0 Å². The number of hydrogen-bond donors (Lipinski definition) is 2. The molecule has 0 radical (unpaired) electrons. The minimum absolute atomic E-state index is 0.0284. The van der Waals surface area contributed by atoms with Crippen LogP contribution < -0.4 is 10.3 Å². The van der Waals surface area contributed by atoms with Crippen LogP contribution in [-0.2, 0) is 14.8 Å². The van der Waals surface area contributed by atoms with Crippen molar-refractivity contribution in [2.75, 3.05) is 0 Å².